The molecule has 1 unspecified atom stereocenters. The second-order valence-corrected chi connectivity index (χ2v) is 7.91. The van der Waals surface area contributed by atoms with Gasteiger partial charge in [-0.15, -0.1) is 0 Å². The third-order valence-corrected chi connectivity index (χ3v) is 5.34. The summed E-state index contributed by atoms with van der Waals surface area (Å²) in [4.78, 5) is 25.0. The average molecular weight is 510 g/mol. The van der Waals surface area contributed by atoms with Gasteiger partial charge in [-0.3, -0.25) is 4.79 Å². The molecule has 1 amide bonds. The van der Waals surface area contributed by atoms with Crippen molar-refractivity contribution in [2.24, 2.45) is 0 Å². The molecule has 0 aliphatic rings. The molecule has 0 aliphatic carbocycles. The molecule has 2 rings (SSSR count). The van der Waals surface area contributed by atoms with Gasteiger partial charge in [0.05, 0.1) is 23.3 Å². The highest BCUT2D eigenvalue weighted by Crippen LogP contribution is 2.25. The normalized spacial score (nSPS) is 11.8. The summed E-state index contributed by atoms with van der Waals surface area (Å²) in [6, 6.07) is 14.7. The Bertz CT molecular complexity index is 812. The van der Waals surface area contributed by atoms with Crippen LogP contribution in [-0.4, -0.2) is 37.7 Å². The van der Waals surface area contributed by atoms with Crippen LogP contribution in [0.1, 0.15) is 25.0 Å². The molecule has 0 spiro atoms. The summed E-state index contributed by atoms with van der Waals surface area (Å²) in [6.45, 7) is 4.25. The molecule has 2 aromatic rings. The van der Waals surface area contributed by atoms with Gasteiger partial charge in [-0.2, -0.15) is 0 Å². The summed E-state index contributed by atoms with van der Waals surface area (Å²) in [5.41, 5.74) is 2.00. The predicted molar refractivity (Wildman–Crippen MR) is 121 cm³/mol. The Morgan fingerprint density at radius 1 is 1.07 bits per heavy atom. The molecule has 7 heteroatoms. The van der Waals surface area contributed by atoms with Gasteiger partial charge in [0.2, 0.25) is 5.91 Å². The van der Waals surface area contributed by atoms with Crippen LogP contribution in [0.3, 0.4) is 0 Å². The van der Waals surface area contributed by atoms with E-state index in [-0.39, 0.29) is 18.6 Å². The number of ether oxygens (including phenoxy) is 2. The van der Waals surface area contributed by atoms with Gasteiger partial charge in [0, 0.05) is 13.0 Å². The largest absolute Gasteiger partial charge is 0.496 e. The molecule has 6 nitrogen and oxygen atoms in total. The summed E-state index contributed by atoms with van der Waals surface area (Å²) in [7, 11) is 1.60. The number of hydrogen-bond acceptors (Lipinski definition) is 5. The van der Waals surface area contributed by atoms with E-state index in [1.807, 2.05) is 48.5 Å². The first-order valence-corrected chi connectivity index (χ1v) is 10.5. The summed E-state index contributed by atoms with van der Waals surface area (Å²) in [5, 5.41) is 5.90. The van der Waals surface area contributed by atoms with Gasteiger partial charge in [0.1, 0.15) is 11.8 Å². The first kappa shape index (κ1) is 23.2. The molecule has 0 aromatic heterocycles. The monoisotopic (exact) mass is 510 g/mol. The van der Waals surface area contributed by atoms with Gasteiger partial charge in [-0.05, 0) is 53.6 Å². The second-order valence-electron chi connectivity index (χ2n) is 6.83. The Hall–Kier alpha value is -2.13. The highest BCUT2D eigenvalue weighted by atomic mass is 127. The Morgan fingerprint density at radius 2 is 1.79 bits per heavy atom. The van der Waals surface area contributed by atoms with E-state index in [2.05, 4.69) is 33.2 Å². The third-order valence-electron chi connectivity index (χ3n) is 4.12. The van der Waals surface area contributed by atoms with E-state index in [1.54, 1.807) is 21.0 Å². The third kappa shape index (κ3) is 7.66. The number of benzene rings is 2. The van der Waals surface area contributed by atoms with Crippen molar-refractivity contribution in [3.63, 3.8) is 0 Å². The molecule has 0 radical (unpaired) electrons. The van der Waals surface area contributed by atoms with Gasteiger partial charge in [-0.1, -0.05) is 42.5 Å². The first-order valence-electron chi connectivity index (χ1n) is 9.46. The number of halogens is 1. The Kier molecular flexibility index (Phi) is 9.40. The van der Waals surface area contributed by atoms with E-state index in [1.165, 1.54) is 0 Å². The topological polar surface area (TPSA) is 76.7 Å². The smallest absolute Gasteiger partial charge is 0.329 e. The molecule has 29 heavy (non-hydrogen) atoms. The van der Waals surface area contributed by atoms with Crippen molar-refractivity contribution >= 4 is 34.5 Å². The van der Waals surface area contributed by atoms with Crippen LogP contribution >= 0.6 is 22.6 Å². The lowest BCUT2D eigenvalue weighted by Gasteiger charge is -2.20. The molecule has 0 bridgehead atoms. The van der Waals surface area contributed by atoms with Crippen molar-refractivity contribution in [1.29, 1.82) is 0 Å². The zero-order chi connectivity index (χ0) is 21.2. The van der Waals surface area contributed by atoms with Crippen LogP contribution in [0.25, 0.3) is 0 Å². The summed E-state index contributed by atoms with van der Waals surface area (Å²) < 4.78 is 11.6. The number of nitrogens with one attached hydrogen (secondary N) is 2. The minimum atomic E-state index is -0.774. The highest BCUT2D eigenvalue weighted by molar-refractivity contribution is 14.1. The quantitative estimate of drug-likeness (QED) is 0.380. The maximum absolute atomic E-state index is 12.6. The molecule has 0 heterocycles. The molecular formula is C22H27IN2O4. The lowest BCUT2D eigenvalue weighted by Crippen LogP contribution is -2.47. The van der Waals surface area contributed by atoms with Crippen LogP contribution in [0.4, 0.5) is 0 Å². The van der Waals surface area contributed by atoms with Gasteiger partial charge in [-0.25, -0.2) is 4.79 Å². The Morgan fingerprint density at radius 3 is 2.45 bits per heavy atom. The van der Waals surface area contributed by atoms with E-state index < -0.39 is 12.0 Å². The summed E-state index contributed by atoms with van der Waals surface area (Å²) in [5.74, 6) is 0.0227. The second kappa shape index (κ2) is 11.8. The number of methoxy groups -OCH3 is 1. The maximum Gasteiger partial charge on any atom is 0.329 e. The zero-order valence-corrected chi connectivity index (χ0v) is 19.1. The number of carbonyl (C=O) groups is 2. The average Bonchev–Trinajstić information content (AvgIpc) is 2.69. The van der Waals surface area contributed by atoms with E-state index in [0.29, 0.717) is 13.0 Å². The van der Waals surface area contributed by atoms with Gasteiger partial charge in [0.15, 0.2) is 0 Å². The van der Waals surface area contributed by atoms with Crippen LogP contribution < -0.4 is 15.4 Å². The first-order chi connectivity index (χ1) is 13.9. The highest BCUT2D eigenvalue weighted by Gasteiger charge is 2.25. The molecule has 156 valence electrons. The van der Waals surface area contributed by atoms with Crippen LogP contribution in [0.5, 0.6) is 5.75 Å². The van der Waals surface area contributed by atoms with Crippen molar-refractivity contribution in [2.75, 3.05) is 13.7 Å². The fourth-order valence-corrected chi connectivity index (χ4v) is 3.56. The van der Waals surface area contributed by atoms with Crippen LogP contribution in [0, 0.1) is 3.57 Å². The molecule has 0 fully saturated rings. The number of carbonyl (C=O) groups excluding carboxylic acids is 2. The minimum absolute atomic E-state index is 0.107. The van der Waals surface area contributed by atoms with Crippen molar-refractivity contribution in [1.82, 2.24) is 10.6 Å². The van der Waals surface area contributed by atoms with E-state index in [4.69, 9.17) is 9.47 Å². The SMILES string of the molecule is COc1cccc(CC(NC(=O)CNCc2ccccc2)C(=O)OC(C)C)c1I. The lowest BCUT2D eigenvalue weighted by molar-refractivity contribution is -0.151. The Labute approximate surface area is 185 Å². The maximum atomic E-state index is 12.6. The predicted octanol–water partition coefficient (Wildman–Crippen LogP) is 3.07. The van der Waals surface area contributed by atoms with Crippen LogP contribution in [0.2, 0.25) is 0 Å². The summed E-state index contributed by atoms with van der Waals surface area (Å²) in [6.07, 6.45) is 0.0633. The molecule has 0 aliphatic heterocycles. The standard InChI is InChI=1S/C22H27IN2O4/c1-15(2)29-22(27)18(12-17-10-7-11-19(28-3)21(17)23)25-20(26)14-24-13-16-8-5-4-6-9-16/h4-11,15,18,24H,12-14H2,1-3H3,(H,25,26). The van der Waals surface area contributed by atoms with Crippen molar-refractivity contribution in [2.45, 2.75) is 39.0 Å². The molecular weight excluding hydrogens is 483 g/mol. The fourth-order valence-electron chi connectivity index (χ4n) is 2.76. The lowest BCUT2D eigenvalue weighted by atomic mass is 10.1. The van der Waals surface area contributed by atoms with Gasteiger partial charge in [0.25, 0.3) is 0 Å². The minimum Gasteiger partial charge on any atom is -0.496 e. The number of amides is 1. The van der Waals surface area contributed by atoms with Crippen molar-refractivity contribution < 1.29 is 19.1 Å². The molecule has 2 aromatic carbocycles. The van der Waals surface area contributed by atoms with Gasteiger partial charge < -0.3 is 20.1 Å². The number of esters is 1. The summed E-state index contributed by atoms with van der Waals surface area (Å²) >= 11 is 2.18. The van der Waals surface area contributed by atoms with Crippen LogP contribution in [0.15, 0.2) is 48.5 Å². The van der Waals surface area contributed by atoms with E-state index in [0.717, 1.165) is 20.4 Å². The van der Waals surface area contributed by atoms with Crippen molar-refractivity contribution in [3.8, 4) is 5.75 Å². The fraction of sp³-hybridized carbons (Fsp3) is 0.364. The van der Waals surface area contributed by atoms with Crippen LogP contribution in [-0.2, 0) is 27.3 Å². The molecule has 1 atom stereocenters. The van der Waals surface area contributed by atoms with Gasteiger partial charge >= 0.3 is 5.97 Å². The number of rotatable bonds is 10. The molecule has 2 N–H and O–H groups in total. The molecule has 0 saturated heterocycles. The Balaban J connectivity index is 2.01. The molecule has 0 saturated carbocycles. The zero-order valence-electron chi connectivity index (χ0n) is 16.9. The number of hydrogen-bond donors (Lipinski definition) is 2. The van der Waals surface area contributed by atoms with Crippen molar-refractivity contribution in [3.05, 3.63) is 63.2 Å². The van der Waals surface area contributed by atoms with E-state index >= 15 is 0 Å². The van der Waals surface area contributed by atoms with E-state index in [9.17, 15) is 9.59 Å².